The molecule has 0 aliphatic heterocycles. The molecule has 0 spiro atoms. The summed E-state index contributed by atoms with van der Waals surface area (Å²) in [7, 11) is 0. The normalized spacial score (nSPS) is 15.7. The van der Waals surface area contributed by atoms with E-state index in [9.17, 15) is 4.39 Å². The quantitative estimate of drug-likeness (QED) is 0.489. The molecule has 0 aromatic heterocycles. The van der Waals surface area contributed by atoms with Crippen LogP contribution in [-0.4, -0.2) is 6.67 Å². The summed E-state index contributed by atoms with van der Waals surface area (Å²) in [6, 6.07) is 0. The molecule has 2 unspecified atom stereocenters. The van der Waals surface area contributed by atoms with E-state index in [-0.39, 0.29) is 6.67 Å². The molecule has 0 aromatic rings. The summed E-state index contributed by atoms with van der Waals surface area (Å²) in [6.45, 7) is 6.72. The van der Waals surface area contributed by atoms with E-state index in [0.29, 0.717) is 0 Å². The fraction of sp³-hybridized carbons (Fsp3) is 1.00. The number of rotatable bonds is 8. The Bertz CT molecular complexity index is 101. The van der Waals surface area contributed by atoms with Gasteiger partial charge in [0.05, 0.1) is 6.67 Å². The molecular weight excluding hydrogens is 163 g/mol. The van der Waals surface area contributed by atoms with Crippen LogP contribution in [-0.2, 0) is 0 Å². The first kappa shape index (κ1) is 12.9. The maximum Gasteiger partial charge on any atom is 0.0894 e. The molecular formula is C12H25F. The minimum atomic E-state index is -0.142. The largest absolute Gasteiger partial charge is 0.251 e. The predicted octanol–water partition coefficient (Wildman–Crippen LogP) is 4.59. The van der Waals surface area contributed by atoms with Crippen molar-refractivity contribution in [3.05, 3.63) is 0 Å². The maximum atomic E-state index is 11.8. The smallest absolute Gasteiger partial charge is 0.0894 e. The van der Waals surface area contributed by atoms with Crippen LogP contribution < -0.4 is 0 Å². The molecule has 0 rings (SSSR count). The lowest BCUT2D eigenvalue weighted by Gasteiger charge is -2.16. The third-order valence-corrected chi connectivity index (χ3v) is 2.67. The summed E-state index contributed by atoms with van der Waals surface area (Å²) in [4.78, 5) is 0. The molecule has 2 atom stereocenters. The molecule has 1 heteroatoms. The Morgan fingerprint density at radius 2 is 1.62 bits per heavy atom. The van der Waals surface area contributed by atoms with Gasteiger partial charge in [-0.25, -0.2) is 0 Å². The van der Waals surface area contributed by atoms with Crippen LogP contribution in [0, 0.1) is 11.8 Å². The summed E-state index contributed by atoms with van der Waals surface area (Å²) in [5, 5.41) is 0. The van der Waals surface area contributed by atoms with E-state index in [2.05, 4.69) is 20.8 Å². The Balaban J connectivity index is 3.32. The van der Waals surface area contributed by atoms with Crippen molar-refractivity contribution in [3.8, 4) is 0 Å². The Labute approximate surface area is 82.9 Å². The van der Waals surface area contributed by atoms with Gasteiger partial charge in [-0.15, -0.1) is 0 Å². The van der Waals surface area contributed by atoms with E-state index < -0.39 is 0 Å². The van der Waals surface area contributed by atoms with Gasteiger partial charge in [-0.05, 0) is 24.7 Å². The summed E-state index contributed by atoms with van der Waals surface area (Å²) < 4.78 is 11.8. The summed E-state index contributed by atoms with van der Waals surface area (Å²) in [5.74, 6) is 1.64. The van der Waals surface area contributed by atoms with Crippen LogP contribution in [0.1, 0.15) is 59.3 Å². The molecule has 0 aliphatic carbocycles. The monoisotopic (exact) mass is 188 g/mol. The third kappa shape index (κ3) is 8.27. The van der Waals surface area contributed by atoms with Crippen molar-refractivity contribution in [1.29, 1.82) is 0 Å². The van der Waals surface area contributed by atoms with Gasteiger partial charge in [-0.1, -0.05) is 46.5 Å². The third-order valence-electron chi connectivity index (χ3n) is 2.67. The first-order valence-electron chi connectivity index (χ1n) is 5.76. The van der Waals surface area contributed by atoms with Crippen LogP contribution in [0.2, 0.25) is 0 Å². The Hall–Kier alpha value is -0.0700. The van der Waals surface area contributed by atoms with E-state index in [4.69, 9.17) is 0 Å². The minimum Gasteiger partial charge on any atom is -0.251 e. The van der Waals surface area contributed by atoms with E-state index in [1.807, 2.05) is 0 Å². The topological polar surface area (TPSA) is 0 Å². The molecule has 0 bridgehead atoms. The lowest BCUT2D eigenvalue weighted by Crippen LogP contribution is -2.03. The Morgan fingerprint density at radius 3 is 2.15 bits per heavy atom. The SMILES string of the molecule is CCCC(C)CC(C)CCCCF. The maximum absolute atomic E-state index is 11.8. The zero-order valence-corrected chi connectivity index (χ0v) is 9.48. The molecule has 0 radical (unpaired) electrons. The van der Waals surface area contributed by atoms with Gasteiger partial charge in [0.15, 0.2) is 0 Å². The highest BCUT2D eigenvalue weighted by atomic mass is 19.1. The van der Waals surface area contributed by atoms with Crippen molar-refractivity contribution < 1.29 is 4.39 Å². The molecule has 13 heavy (non-hydrogen) atoms. The van der Waals surface area contributed by atoms with Crippen molar-refractivity contribution in [2.24, 2.45) is 11.8 Å². The second kappa shape index (κ2) is 8.52. The van der Waals surface area contributed by atoms with E-state index in [0.717, 1.165) is 24.7 Å². The molecule has 0 saturated carbocycles. The zero-order chi connectivity index (χ0) is 10.1. The van der Waals surface area contributed by atoms with Crippen molar-refractivity contribution in [3.63, 3.8) is 0 Å². The van der Waals surface area contributed by atoms with Gasteiger partial charge >= 0.3 is 0 Å². The Kier molecular flexibility index (Phi) is 8.48. The van der Waals surface area contributed by atoms with E-state index in [1.54, 1.807) is 0 Å². The lowest BCUT2D eigenvalue weighted by molar-refractivity contribution is 0.356. The summed E-state index contributed by atoms with van der Waals surface area (Å²) >= 11 is 0. The van der Waals surface area contributed by atoms with Crippen LogP contribution in [0.15, 0.2) is 0 Å². The fourth-order valence-electron chi connectivity index (χ4n) is 2.00. The van der Waals surface area contributed by atoms with Gasteiger partial charge in [0, 0.05) is 0 Å². The summed E-state index contributed by atoms with van der Waals surface area (Å²) in [5.41, 5.74) is 0. The number of alkyl halides is 1. The standard InChI is InChI=1S/C12H25F/c1-4-7-11(2)10-12(3)8-5-6-9-13/h11-12H,4-10H2,1-3H3. The molecule has 0 aliphatic rings. The first-order chi connectivity index (χ1) is 6.20. The van der Waals surface area contributed by atoms with Gasteiger partial charge < -0.3 is 0 Å². The van der Waals surface area contributed by atoms with Crippen LogP contribution >= 0.6 is 0 Å². The van der Waals surface area contributed by atoms with Gasteiger partial charge in [0.25, 0.3) is 0 Å². The van der Waals surface area contributed by atoms with Crippen LogP contribution in [0.4, 0.5) is 4.39 Å². The number of unbranched alkanes of at least 4 members (excludes halogenated alkanes) is 1. The van der Waals surface area contributed by atoms with Crippen molar-refractivity contribution >= 4 is 0 Å². The average Bonchev–Trinajstić information content (AvgIpc) is 2.05. The molecule has 0 saturated heterocycles. The van der Waals surface area contributed by atoms with Crippen molar-refractivity contribution in [2.45, 2.75) is 59.3 Å². The van der Waals surface area contributed by atoms with Crippen molar-refractivity contribution in [1.82, 2.24) is 0 Å². The molecule has 0 amide bonds. The van der Waals surface area contributed by atoms with E-state index in [1.165, 1.54) is 25.7 Å². The molecule has 0 fully saturated rings. The molecule has 0 nitrogen and oxygen atoms in total. The molecule has 80 valence electrons. The highest BCUT2D eigenvalue weighted by Crippen LogP contribution is 2.20. The highest BCUT2D eigenvalue weighted by molar-refractivity contribution is 4.59. The number of halogens is 1. The first-order valence-corrected chi connectivity index (χ1v) is 5.76. The van der Waals surface area contributed by atoms with Gasteiger partial charge in [0.1, 0.15) is 0 Å². The second-order valence-corrected chi connectivity index (χ2v) is 4.42. The molecule has 0 N–H and O–H groups in total. The zero-order valence-electron chi connectivity index (χ0n) is 9.48. The predicted molar refractivity (Wildman–Crippen MR) is 57.7 cm³/mol. The van der Waals surface area contributed by atoms with Gasteiger partial charge in [-0.3, -0.25) is 4.39 Å². The van der Waals surface area contributed by atoms with Crippen LogP contribution in [0.3, 0.4) is 0 Å². The summed E-state index contributed by atoms with van der Waals surface area (Å²) in [6.07, 6.45) is 6.98. The van der Waals surface area contributed by atoms with Crippen molar-refractivity contribution in [2.75, 3.05) is 6.67 Å². The van der Waals surface area contributed by atoms with E-state index >= 15 is 0 Å². The lowest BCUT2D eigenvalue weighted by atomic mass is 9.91. The number of hydrogen-bond acceptors (Lipinski definition) is 0. The molecule has 0 heterocycles. The Morgan fingerprint density at radius 1 is 1.00 bits per heavy atom. The van der Waals surface area contributed by atoms with Crippen LogP contribution in [0.5, 0.6) is 0 Å². The van der Waals surface area contributed by atoms with Gasteiger partial charge in [-0.2, -0.15) is 0 Å². The fourth-order valence-corrected chi connectivity index (χ4v) is 2.00. The van der Waals surface area contributed by atoms with Gasteiger partial charge in [0.2, 0.25) is 0 Å². The average molecular weight is 188 g/mol. The highest BCUT2D eigenvalue weighted by Gasteiger charge is 2.07. The number of hydrogen-bond donors (Lipinski definition) is 0. The molecule has 0 aromatic carbocycles. The minimum absolute atomic E-state index is 0.142. The van der Waals surface area contributed by atoms with Crippen LogP contribution in [0.25, 0.3) is 0 Å². The second-order valence-electron chi connectivity index (χ2n) is 4.42.